The van der Waals surface area contributed by atoms with E-state index in [0.29, 0.717) is 0 Å². The summed E-state index contributed by atoms with van der Waals surface area (Å²) in [4.78, 5) is 9.20. The van der Waals surface area contributed by atoms with Gasteiger partial charge in [-0.3, -0.25) is 11.3 Å². The number of fused-ring (bicyclic) bond motifs is 1. The standard InChI is InChI=1S/C15H19N5S/c1-10-17-12(9-21-10)7-11(19-16)8-15-18-13-5-3-4-6-14(13)20(15)2/h3-6,9,11,19H,7-8,16H2,1-2H3. The summed E-state index contributed by atoms with van der Waals surface area (Å²) >= 11 is 1.67. The van der Waals surface area contributed by atoms with Crippen molar-refractivity contribution in [1.29, 1.82) is 0 Å². The molecule has 0 bridgehead atoms. The zero-order chi connectivity index (χ0) is 14.8. The fourth-order valence-corrected chi connectivity index (χ4v) is 3.17. The Morgan fingerprint density at radius 3 is 2.76 bits per heavy atom. The van der Waals surface area contributed by atoms with Crippen LogP contribution in [0.2, 0.25) is 0 Å². The van der Waals surface area contributed by atoms with Crippen LogP contribution in [0.15, 0.2) is 29.6 Å². The lowest BCUT2D eigenvalue weighted by Crippen LogP contribution is -2.39. The predicted molar refractivity (Wildman–Crippen MR) is 86.1 cm³/mol. The third-order valence-corrected chi connectivity index (χ3v) is 4.49. The van der Waals surface area contributed by atoms with Gasteiger partial charge in [-0.2, -0.15) is 0 Å². The summed E-state index contributed by atoms with van der Waals surface area (Å²) in [7, 11) is 2.05. The van der Waals surface area contributed by atoms with Crippen molar-refractivity contribution in [2.24, 2.45) is 12.9 Å². The van der Waals surface area contributed by atoms with E-state index < -0.39 is 0 Å². The van der Waals surface area contributed by atoms with E-state index in [9.17, 15) is 0 Å². The van der Waals surface area contributed by atoms with Gasteiger partial charge in [0.25, 0.3) is 0 Å². The van der Waals surface area contributed by atoms with Crippen molar-refractivity contribution < 1.29 is 0 Å². The summed E-state index contributed by atoms with van der Waals surface area (Å²) in [5.41, 5.74) is 6.14. The Morgan fingerprint density at radius 1 is 1.29 bits per heavy atom. The smallest absolute Gasteiger partial charge is 0.111 e. The van der Waals surface area contributed by atoms with Gasteiger partial charge in [-0.05, 0) is 19.1 Å². The predicted octanol–water partition coefficient (Wildman–Crippen LogP) is 1.96. The molecule has 3 N–H and O–H groups in total. The molecule has 1 unspecified atom stereocenters. The summed E-state index contributed by atoms with van der Waals surface area (Å²) in [5.74, 6) is 6.74. The summed E-state index contributed by atoms with van der Waals surface area (Å²) in [5, 5.41) is 3.18. The molecular weight excluding hydrogens is 282 g/mol. The summed E-state index contributed by atoms with van der Waals surface area (Å²) in [6.45, 7) is 2.02. The number of hydrogen-bond acceptors (Lipinski definition) is 5. The normalized spacial score (nSPS) is 12.9. The SMILES string of the molecule is Cc1nc(CC(Cc2nc3ccccc3n2C)NN)cs1. The van der Waals surface area contributed by atoms with Crippen LogP contribution in [0, 0.1) is 6.92 Å². The number of rotatable bonds is 5. The molecule has 1 aromatic carbocycles. The van der Waals surface area contributed by atoms with Crippen LogP contribution in [0.3, 0.4) is 0 Å². The molecule has 0 saturated carbocycles. The summed E-state index contributed by atoms with van der Waals surface area (Å²) in [6, 6.07) is 8.29. The number of para-hydroxylation sites is 2. The van der Waals surface area contributed by atoms with E-state index in [1.165, 1.54) is 0 Å². The maximum Gasteiger partial charge on any atom is 0.111 e. The van der Waals surface area contributed by atoms with E-state index in [2.05, 4.69) is 26.4 Å². The number of aromatic nitrogens is 3. The van der Waals surface area contributed by atoms with Gasteiger partial charge in [0, 0.05) is 31.3 Å². The molecule has 0 aliphatic heterocycles. The number of imidazole rings is 1. The number of thiazole rings is 1. The molecule has 1 atom stereocenters. The van der Waals surface area contributed by atoms with Gasteiger partial charge in [0.2, 0.25) is 0 Å². The van der Waals surface area contributed by atoms with E-state index in [1.54, 1.807) is 11.3 Å². The molecule has 2 heterocycles. The van der Waals surface area contributed by atoms with Crippen molar-refractivity contribution in [3.63, 3.8) is 0 Å². The highest BCUT2D eigenvalue weighted by Crippen LogP contribution is 2.17. The molecule has 0 radical (unpaired) electrons. The average Bonchev–Trinajstić information content (AvgIpc) is 3.03. The topological polar surface area (TPSA) is 68.8 Å². The first-order valence-corrected chi connectivity index (χ1v) is 7.83. The molecular formula is C15H19N5S. The Labute approximate surface area is 127 Å². The van der Waals surface area contributed by atoms with Gasteiger partial charge in [-0.1, -0.05) is 12.1 Å². The minimum absolute atomic E-state index is 0.127. The number of nitrogens with zero attached hydrogens (tertiary/aromatic N) is 3. The van der Waals surface area contributed by atoms with E-state index in [0.717, 1.165) is 40.4 Å². The van der Waals surface area contributed by atoms with Crippen LogP contribution in [-0.2, 0) is 19.9 Å². The molecule has 5 nitrogen and oxygen atoms in total. The number of aryl methyl sites for hydroxylation is 2. The van der Waals surface area contributed by atoms with Crippen molar-refractivity contribution >= 4 is 22.4 Å². The fraction of sp³-hybridized carbons (Fsp3) is 0.333. The monoisotopic (exact) mass is 301 g/mol. The Hall–Kier alpha value is -1.76. The molecule has 0 saturated heterocycles. The third kappa shape index (κ3) is 2.97. The number of nitrogens with one attached hydrogen (secondary N) is 1. The number of hydrazine groups is 1. The highest BCUT2D eigenvalue weighted by molar-refractivity contribution is 7.09. The number of benzene rings is 1. The largest absolute Gasteiger partial charge is 0.331 e. The van der Waals surface area contributed by atoms with Gasteiger partial charge in [0.05, 0.1) is 21.7 Å². The molecule has 3 rings (SSSR count). The molecule has 0 aliphatic rings. The highest BCUT2D eigenvalue weighted by atomic mass is 32.1. The third-order valence-electron chi connectivity index (χ3n) is 3.67. The van der Waals surface area contributed by atoms with Crippen LogP contribution in [-0.4, -0.2) is 20.6 Å². The Balaban J connectivity index is 1.80. The van der Waals surface area contributed by atoms with Crippen LogP contribution in [0.25, 0.3) is 11.0 Å². The van der Waals surface area contributed by atoms with Gasteiger partial charge < -0.3 is 4.57 Å². The molecule has 110 valence electrons. The average molecular weight is 301 g/mol. The molecule has 0 fully saturated rings. The van der Waals surface area contributed by atoms with Gasteiger partial charge in [-0.25, -0.2) is 9.97 Å². The van der Waals surface area contributed by atoms with Crippen LogP contribution in [0.4, 0.5) is 0 Å². The van der Waals surface area contributed by atoms with Gasteiger partial charge in [0.15, 0.2) is 0 Å². The van der Waals surface area contributed by atoms with Crippen molar-refractivity contribution in [2.45, 2.75) is 25.8 Å². The summed E-state index contributed by atoms with van der Waals surface area (Å²) < 4.78 is 2.13. The molecule has 0 aliphatic carbocycles. The summed E-state index contributed by atoms with van der Waals surface area (Å²) in [6.07, 6.45) is 1.59. The van der Waals surface area contributed by atoms with E-state index in [1.807, 2.05) is 32.2 Å². The second-order valence-corrected chi connectivity index (χ2v) is 6.27. The van der Waals surface area contributed by atoms with Crippen molar-refractivity contribution in [3.05, 3.63) is 46.2 Å². The van der Waals surface area contributed by atoms with Crippen LogP contribution >= 0.6 is 11.3 Å². The maximum absolute atomic E-state index is 5.71. The van der Waals surface area contributed by atoms with E-state index in [-0.39, 0.29) is 6.04 Å². The second-order valence-electron chi connectivity index (χ2n) is 5.21. The van der Waals surface area contributed by atoms with Crippen molar-refractivity contribution in [1.82, 2.24) is 20.0 Å². The first kappa shape index (κ1) is 14.2. The Kier molecular flexibility index (Phi) is 4.01. The quantitative estimate of drug-likeness (QED) is 0.558. The highest BCUT2D eigenvalue weighted by Gasteiger charge is 2.15. The lowest BCUT2D eigenvalue weighted by Gasteiger charge is -2.14. The molecule has 6 heteroatoms. The van der Waals surface area contributed by atoms with Crippen molar-refractivity contribution in [2.75, 3.05) is 0 Å². The lowest BCUT2D eigenvalue weighted by atomic mass is 10.1. The second kappa shape index (κ2) is 5.93. The van der Waals surface area contributed by atoms with Gasteiger partial charge >= 0.3 is 0 Å². The molecule has 21 heavy (non-hydrogen) atoms. The Bertz CT molecular complexity index is 745. The van der Waals surface area contributed by atoms with Crippen LogP contribution in [0.5, 0.6) is 0 Å². The molecule has 0 spiro atoms. The minimum Gasteiger partial charge on any atom is -0.331 e. The van der Waals surface area contributed by atoms with E-state index in [4.69, 9.17) is 10.8 Å². The molecule has 0 amide bonds. The fourth-order valence-electron chi connectivity index (χ4n) is 2.54. The van der Waals surface area contributed by atoms with E-state index >= 15 is 0 Å². The Morgan fingerprint density at radius 2 is 2.10 bits per heavy atom. The number of hydrogen-bond donors (Lipinski definition) is 2. The first-order valence-electron chi connectivity index (χ1n) is 6.95. The van der Waals surface area contributed by atoms with Gasteiger partial charge in [-0.15, -0.1) is 11.3 Å². The zero-order valence-electron chi connectivity index (χ0n) is 12.2. The van der Waals surface area contributed by atoms with Crippen LogP contribution in [0.1, 0.15) is 16.5 Å². The zero-order valence-corrected chi connectivity index (χ0v) is 13.0. The maximum atomic E-state index is 5.71. The lowest BCUT2D eigenvalue weighted by molar-refractivity contribution is 0.502. The number of nitrogens with two attached hydrogens (primary N) is 1. The van der Waals surface area contributed by atoms with Gasteiger partial charge in [0.1, 0.15) is 5.82 Å². The first-order chi connectivity index (χ1) is 10.2. The van der Waals surface area contributed by atoms with Crippen LogP contribution < -0.4 is 11.3 Å². The molecule has 2 aromatic heterocycles. The minimum atomic E-state index is 0.127. The van der Waals surface area contributed by atoms with Crippen molar-refractivity contribution in [3.8, 4) is 0 Å². The molecule has 3 aromatic rings.